The maximum Gasteiger partial charge on any atom is 0.183 e. The number of nitrogens with two attached hydrogens (primary N) is 1. The molecule has 0 radical (unpaired) electrons. The lowest BCUT2D eigenvalue weighted by Crippen LogP contribution is -2.26. The number of aliphatic hydroxyl groups excluding tert-OH is 1. The number of thiazole rings is 1. The molecule has 0 amide bonds. The number of hydrogen-bond donors (Lipinski definition) is 2. The van der Waals surface area contributed by atoms with E-state index >= 15 is 0 Å². The van der Waals surface area contributed by atoms with Crippen LogP contribution < -0.4 is 15.2 Å². The highest BCUT2D eigenvalue weighted by molar-refractivity contribution is 7.15. The van der Waals surface area contributed by atoms with Crippen molar-refractivity contribution in [3.63, 3.8) is 0 Å². The van der Waals surface area contributed by atoms with Crippen LogP contribution in [0.5, 0.6) is 11.5 Å². The Morgan fingerprint density at radius 2 is 2.24 bits per heavy atom. The van der Waals surface area contributed by atoms with E-state index in [4.69, 9.17) is 31.9 Å². The van der Waals surface area contributed by atoms with E-state index in [2.05, 4.69) is 4.98 Å². The number of hydrogen-bond acceptors (Lipinski definition) is 6. The first-order chi connectivity index (χ1) is 10.1. The smallest absolute Gasteiger partial charge is 0.183 e. The zero-order valence-electron chi connectivity index (χ0n) is 11.6. The number of methoxy groups -OCH3 is 1. The molecule has 0 aliphatic rings. The summed E-state index contributed by atoms with van der Waals surface area (Å²) in [7, 11) is 1.58. The van der Waals surface area contributed by atoms with Crippen molar-refractivity contribution in [3.8, 4) is 11.5 Å². The highest BCUT2D eigenvalue weighted by Crippen LogP contribution is 2.30. The maximum absolute atomic E-state index is 8.99. The summed E-state index contributed by atoms with van der Waals surface area (Å²) >= 11 is 7.16. The molecule has 1 heterocycles. The third-order valence-electron chi connectivity index (χ3n) is 2.86. The van der Waals surface area contributed by atoms with Crippen LogP contribution in [0.4, 0.5) is 0 Å². The Hall–Kier alpha value is -1.34. The molecule has 0 bridgehead atoms. The second kappa shape index (κ2) is 7.61. The van der Waals surface area contributed by atoms with E-state index in [9.17, 15) is 0 Å². The number of aromatic nitrogens is 1. The molecule has 1 aromatic carbocycles. The van der Waals surface area contributed by atoms with Crippen LogP contribution in [0, 0.1) is 0 Å². The molecule has 0 saturated heterocycles. The van der Waals surface area contributed by atoms with Gasteiger partial charge in [0.25, 0.3) is 0 Å². The molecule has 1 unspecified atom stereocenters. The third kappa shape index (κ3) is 4.57. The first kappa shape index (κ1) is 16.0. The fourth-order valence-corrected chi connectivity index (χ4v) is 2.72. The molecule has 0 fully saturated rings. The molecule has 114 valence electrons. The van der Waals surface area contributed by atoms with Gasteiger partial charge in [0, 0.05) is 12.2 Å². The highest BCUT2D eigenvalue weighted by atomic mass is 35.5. The average molecular weight is 329 g/mol. The summed E-state index contributed by atoms with van der Waals surface area (Å²) in [5.74, 6) is 1.27. The molecule has 0 aliphatic heterocycles. The van der Waals surface area contributed by atoms with E-state index in [0.717, 1.165) is 10.4 Å². The van der Waals surface area contributed by atoms with Crippen LogP contribution in [0.3, 0.4) is 0 Å². The van der Waals surface area contributed by atoms with Crippen molar-refractivity contribution in [2.24, 2.45) is 5.73 Å². The predicted molar refractivity (Wildman–Crippen MR) is 83.2 cm³/mol. The zero-order valence-corrected chi connectivity index (χ0v) is 13.2. The van der Waals surface area contributed by atoms with E-state index in [1.165, 1.54) is 11.3 Å². The summed E-state index contributed by atoms with van der Waals surface area (Å²) in [6, 6.07) is 5.33. The zero-order chi connectivity index (χ0) is 15.2. The minimum atomic E-state index is -0.277. The molecule has 0 saturated carbocycles. The van der Waals surface area contributed by atoms with Gasteiger partial charge in [-0.1, -0.05) is 17.7 Å². The molecule has 7 heteroatoms. The van der Waals surface area contributed by atoms with Gasteiger partial charge in [0.05, 0.1) is 18.6 Å². The van der Waals surface area contributed by atoms with Crippen molar-refractivity contribution in [2.45, 2.75) is 19.1 Å². The first-order valence-electron chi connectivity index (χ1n) is 6.38. The number of aliphatic hydroxyl groups is 1. The van der Waals surface area contributed by atoms with Gasteiger partial charge in [-0.3, -0.25) is 0 Å². The van der Waals surface area contributed by atoms with Crippen molar-refractivity contribution in [2.75, 3.05) is 13.7 Å². The number of rotatable bonds is 7. The lowest BCUT2D eigenvalue weighted by atomic mass is 10.1. The van der Waals surface area contributed by atoms with E-state index in [0.29, 0.717) is 29.0 Å². The van der Waals surface area contributed by atoms with Gasteiger partial charge < -0.3 is 20.3 Å². The number of ether oxygens (including phenoxy) is 2. The molecular formula is C14H17ClN2O3S. The Labute approximate surface area is 132 Å². The average Bonchev–Trinajstić information content (AvgIpc) is 2.91. The summed E-state index contributed by atoms with van der Waals surface area (Å²) < 4.78 is 11.5. The second-order valence-electron chi connectivity index (χ2n) is 4.50. The standard InChI is InChI=1S/C14H17ClN2O3S/c1-19-13-5-9(4-10(16)7-18)2-3-12(13)20-8-11-6-17-14(15)21-11/h2-3,5-6,10,18H,4,7-8,16H2,1H3. The van der Waals surface area contributed by atoms with Crippen molar-refractivity contribution >= 4 is 22.9 Å². The largest absolute Gasteiger partial charge is 0.493 e. The monoisotopic (exact) mass is 328 g/mol. The highest BCUT2D eigenvalue weighted by Gasteiger charge is 2.09. The van der Waals surface area contributed by atoms with Gasteiger partial charge in [0.1, 0.15) is 6.61 Å². The quantitative estimate of drug-likeness (QED) is 0.815. The molecule has 21 heavy (non-hydrogen) atoms. The molecule has 2 rings (SSSR count). The molecular weight excluding hydrogens is 312 g/mol. The van der Waals surface area contributed by atoms with E-state index in [1.807, 2.05) is 18.2 Å². The summed E-state index contributed by atoms with van der Waals surface area (Å²) in [6.45, 7) is 0.336. The Bertz CT molecular complexity index is 591. The SMILES string of the molecule is COc1cc(CC(N)CO)ccc1OCc1cnc(Cl)s1. The van der Waals surface area contributed by atoms with Crippen molar-refractivity contribution in [1.29, 1.82) is 0 Å². The van der Waals surface area contributed by atoms with Crippen LogP contribution in [0.1, 0.15) is 10.4 Å². The summed E-state index contributed by atoms with van der Waals surface area (Å²) in [5, 5.41) is 8.99. The van der Waals surface area contributed by atoms with Crippen LogP contribution in [0.15, 0.2) is 24.4 Å². The fourth-order valence-electron chi connectivity index (χ4n) is 1.82. The van der Waals surface area contributed by atoms with Crippen LogP contribution >= 0.6 is 22.9 Å². The Kier molecular flexibility index (Phi) is 5.81. The lowest BCUT2D eigenvalue weighted by Gasteiger charge is -2.13. The van der Waals surface area contributed by atoms with E-state index in [1.54, 1.807) is 13.3 Å². The van der Waals surface area contributed by atoms with Gasteiger partial charge in [-0.05, 0) is 24.1 Å². The second-order valence-corrected chi connectivity index (χ2v) is 6.20. The predicted octanol–water partition coefficient (Wildman–Crippen LogP) is 2.25. The molecule has 1 aromatic heterocycles. The van der Waals surface area contributed by atoms with Crippen molar-refractivity contribution in [3.05, 3.63) is 39.3 Å². The number of halogens is 1. The van der Waals surface area contributed by atoms with Crippen molar-refractivity contribution in [1.82, 2.24) is 4.98 Å². The van der Waals surface area contributed by atoms with Crippen LogP contribution in [-0.2, 0) is 13.0 Å². The maximum atomic E-state index is 8.99. The lowest BCUT2D eigenvalue weighted by molar-refractivity contribution is 0.265. The minimum Gasteiger partial charge on any atom is -0.493 e. The number of benzene rings is 1. The van der Waals surface area contributed by atoms with Crippen LogP contribution in [0.25, 0.3) is 0 Å². The Morgan fingerprint density at radius 3 is 2.86 bits per heavy atom. The van der Waals surface area contributed by atoms with Gasteiger partial charge in [-0.25, -0.2) is 4.98 Å². The first-order valence-corrected chi connectivity index (χ1v) is 7.58. The van der Waals surface area contributed by atoms with Crippen LogP contribution in [0.2, 0.25) is 4.47 Å². The molecule has 0 aliphatic carbocycles. The van der Waals surface area contributed by atoms with Gasteiger partial charge in [0.2, 0.25) is 0 Å². The number of nitrogens with zero attached hydrogens (tertiary/aromatic N) is 1. The summed E-state index contributed by atoms with van der Waals surface area (Å²) in [6.07, 6.45) is 2.27. The summed E-state index contributed by atoms with van der Waals surface area (Å²) in [4.78, 5) is 4.90. The molecule has 2 aromatic rings. The van der Waals surface area contributed by atoms with E-state index in [-0.39, 0.29) is 12.6 Å². The van der Waals surface area contributed by atoms with Gasteiger partial charge >= 0.3 is 0 Å². The van der Waals surface area contributed by atoms with Gasteiger partial charge in [0.15, 0.2) is 16.0 Å². The fraction of sp³-hybridized carbons (Fsp3) is 0.357. The van der Waals surface area contributed by atoms with E-state index < -0.39 is 0 Å². The van der Waals surface area contributed by atoms with Gasteiger partial charge in [-0.2, -0.15) is 0 Å². The van der Waals surface area contributed by atoms with Crippen molar-refractivity contribution < 1.29 is 14.6 Å². The van der Waals surface area contributed by atoms with Gasteiger partial charge in [-0.15, -0.1) is 11.3 Å². The summed E-state index contributed by atoms with van der Waals surface area (Å²) in [5.41, 5.74) is 6.72. The Balaban J connectivity index is 2.05. The molecule has 3 N–H and O–H groups in total. The topological polar surface area (TPSA) is 77.6 Å². The normalized spacial score (nSPS) is 12.2. The van der Waals surface area contributed by atoms with Crippen LogP contribution in [-0.4, -0.2) is 29.8 Å². The molecule has 5 nitrogen and oxygen atoms in total. The third-order valence-corrected chi connectivity index (χ3v) is 3.94. The molecule has 1 atom stereocenters. The minimum absolute atomic E-state index is 0.0489. The Morgan fingerprint density at radius 1 is 1.43 bits per heavy atom. The molecule has 0 spiro atoms.